The maximum atomic E-state index is 12.9. The summed E-state index contributed by atoms with van der Waals surface area (Å²) in [6, 6.07) is 6.32. The van der Waals surface area contributed by atoms with Crippen molar-refractivity contribution >= 4 is 45.7 Å². The van der Waals surface area contributed by atoms with E-state index >= 15 is 0 Å². The van der Waals surface area contributed by atoms with Gasteiger partial charge in [-0.1, -0.05) is 40.1 Å². The predicted octanol–water partition coefficient (Wildman–Crippen LogP) is -1.78. The van der Waals surface area contributed by atoms with Crippen LogP contribution in [0, 0.1) is 5.21 Å². The van der Waals surface area contributed by atoms with E-state index in [-0.39, 0.29) is 25.6 Å². The summed E-state index contributed by atoms with van der Waals surface area (Å²) < 4.78 is 16.4. The third-order valence-corrected chi connectivity index (χ3v) is 12.4. The van der Waals surface area contributed by atoms with Crippen LogP contribution in [0.15, 0.2) is 24.3 Å². The topological polar surface area (TPSA) is 303 Å². The van der Waals surface area contributed by atoms with Crippen LogP contribution in [0.25, 0.3) is 0 Å². The number of hydrogen-bond acceptors (Lipinski definition) is 17. The first kappa shape index (κ1) is 48.6. The lowest BCUT2D eigenvalue weighted by atomic mass is 9.98. The largest absolute Gasteiger partial charge is 0.623 e. The van der Waals surface area contributed by atoms with Crippen LogP contribution in [0.4, 0.5) is 4.79 Å². The summed E-state index contributed by atoms with van der Waals surface area (Å²) in [4.78, 5) is 37.0. The first-order valence-corrected chi connectivity index (χ1v) is 21.2. The highest BCUT2D eigenvalue weighted by Crippen LogP contribution is 2.39. The van der Waals surface area contributed by atoms with E-state index < -0.39 is 85.9 Å². The number of benzene rings is 1. The number of aliphatic hydroxyl groups excluding tert-OH is 8. The molecule has 21 heteroatoms. The summed E-state index contributed by atoms with van der Waals surface area (Å²) in [5, 5.41) is 102. The molecule has 19 nitrogen and oxygen atoms in total. The molecule has 2 fully saturated rings. The number of carbonyl (C=O) groups is 3. The van der Waals surface area contributed by atoms with Gasteiger partial charge in [0, 0.05) is 56.5 Å². The van der Waals surface area contributed by atoms with E-state index in [4.69, 9.17) is 14.2 Å². The molecule has 0 saturated carbocycles. The molecule has 0 bridgehead atoms. The molecule has 0 aromatic heterocycles. The van der Waals surface area contributed by atoms with Crippen LogP contribution in [0.2, 0.25) is 0 Å². The Morgan fingerprint density at radius 3 is 2.35 bits per heavy atom. The van der Waals surface area contributed by atoms with Crippen molar-refractivity contribution in [1.82, 2.24) is 16.0 Å². The summed E-state index contributed by atoms with van der Waals surface area (Å²) in [6.07, 6.45) is -11.2. The van der Waals surface area contributed by atoms with Gasteiger partial charge in [0.2, 0.25) is 11.4 Å². The molecule has 1 aromatic rings. The standard InChI is InChI=1S/C36H58N4O15S2/c1-36(2,20-53-35(51)38-14-5-13-37-26(44)7-4-3-6-23-12-15-56-57-23)40(52)17-22-10-8-21(9-11-22)16-39-33(50)30(48)29(47)32(24(43)18-41)55-34-31(49)28(46)27(45)25(19-42)54-34/h8-11,17,23-25,27-32,34,41-43,45-49H,3-7,12-16,18-20H2,1-2H3,(H,37,44)(H,38,51)(H,39,50)/b40-17-/t23?,24-,25+,27+,28+,29-,30-,31+,32-,34+/m1/s1. The van der Waals surface area contributed by atoms with Gasteiger partial charge >= 0.3 is 6.09 Å². The highest BCUT2D eigenvalue weighted by molar-refractivity contribution is 8.77. The van der Waals surface area contributed by atoms with E-state index in [2.05, 4.69) is 16.0 Å². The molecule has 0 aliphatic carbocycles. The minimum atomic E-state index is -2.23. The Kier molecular flexibility index (Phi) is 20.7. The summed E-state index contributed by atoms with van der Waals surface area (Å²) in [6.45, 7) is 1.70. The Morgan fingerprint density at radius 2 is 1.70 bits per heavy atom. The van der Waals surface area contributed by atoms with E-state index in [1.54, 1.807) is 38.1 Å². The smallest absolute Gasteiger partial charge is 0.407 e. The highest BCUT2D eigenvalue weighted by atomic mass is 33.1. The number of ether oxygens (including phenoxy) is 3. The molecular formula is C36H58N4O15S2. The Balaban J connectivity index is 1.39. The van der Waals surface area contributed by atoms with Crippen molar-refractivity contribution in [3.63, 3.8) is 0 Å². The van der Waals surface area contributed by atoms with Crippen LogP contribution < -0.4 is 16.0 Å². The van der Waals surface area contributed by atoms with Gasteiger partial charge in [0.05, 0.1) is 13.2 Å². The van der Waals surface area contributed by atoms with E-state index in [0.717, 1.165) is 19.3 Å². The monoisotopic (exact) mass is 850 g/mol. The lowest BCUT2D eigenvalue weighted by Crippen LogP contribution is -2.62. The average Bonchev–Trinajstić information content (AvgIpc) is 3.73. The van der Waals surface area contributed by atoms with Crippen molar-refractivity contribution in [1.29, 1.82) is 0 Å². The van der Waals surface area contributed by atoms with Gasteiger partial charge in [0.25, 0.3) is 5.91 Å². The van der Waals surface area contributed by atoms with Gasteiger partial charge in [0.1, 0.15) is 42.7 Å². The molecule has 2 aliphatic rings. The third-order valence-electron chi connectivity index (χ3n) is 9.35. The van der Waals surface area contributed by atoms with E-state index in [1.807, 2.05) is 21.6 Å². The fourth-order valence-electron chi connectivity index (χ4n) is 5.67. The number of nitrogens with one attached hydrogen (secondary N) is 3. The summed E-state index contributed by atoms with van der Waals surface area (Å²) in [5.74, 6) is 0.0858. The SMILES string of the molecule is CC(C)(COC(=O)NCCCNC(=O)CCCCC1CCSS1)/[N+]([O-])=C/c1ccc(CNC(=O)[C@H](O)[C@@H](O)[C@H](O[C@@H]2O[C@@H](CO)[C@H](O)[C@H](O)[C@@H]2O)[C@H](O)CO)cc1. The summed E-state index contributed by atoms with van der Waals surface area (Å²) in [5.41, 5.74) is -0.137. The molecule has 10 atom stereocenters. The van der Waals surface area contributed by atoms with Crippen LogP contribution in [-0.4, -0.2) is 174 Å². The third kappa shape index (κ3) is 15.7. The van der Waals surface area contributed by atoms with Crippen molar-refractivity contribution in [2.24, 2.45) is 0 Å². The van der Waals surface area contributed by atoms with Crippen LogP contribution >= 0.6 is 21.6 Å². The van der Waals surface area contributed by atoms with E-state index in [1.165, 1.54) is 18.4 Å². The number of hydrogen-bond donors (Lipinski definition) is 11. The fourth-order valence-corrected chi connectivity index (χ4v) is 8.70. The first-order valence-electron chi connectivity index (χ1n) is 18.8. The molecule has 2 heterocycles. The molecule has 324 valence electrons. The van der Waals surface area contributed by atoms with Crippen LogP contribution in [0.3, 0.4) is 0 Å². The van der Waals surface area contributed by atoms with Crippen molar-refractivity contribution in [2.45, 2.75) is 125 Å². The van der Waals surface area contributed by atoms with Crippen LogP contribution in [0.1, 0.15) is 63.5 Å². The van der Waals surface area contributed by atoms with Gasteiger partial charge in [-0.05, 0) is 43.4 Å². The lowest BCUT2D eigenvalue weighted by Gasteiger charge is -2.42. The Bertz CT molecular complexity index is 1420. The normalized spacial score (nSPS) is 24.9. The molecular weight excluding hydrogens is 793 g/mol. The number of carbonyl (C=O) groups excluding carboxylic acids is 3. The summed E-state index contributed by atoms with van der Waals surface area (Å²) in [7, 11) is 3.85. The zero-order valence-corrected chi connectivity index (χ0v) is 33.7. The van der Waals surface area contributed by atoms with Crippen LogP contribution in [0.5, 0.6) is 0 Å². The van der Waals surface area contributed by atoms with Crippen LogP contribution in [-0.2, 0) is 30.3 Å². The van der Waals surface area contributed by atoms with E-state index in [0.29, 0.717) is 40.5 Å². The quantitative estimate of drug-likeness (QED) is 0.0145. The summed E-state index contributed by atoms with van der Waals surface area (Å²) >= 11 is 0. The zero-order valence-electron chi connectivity index (χ0n) is 32.1. The Morgan fingerprint density at radius 1 is 1.00 bits per heavy atom. The molecule has 1 unspecified atom stereocenters. The minimum Gasteiger partial charge on any atom is -0.623 e. The van der Waals surface area contributed by atoms with Crippen molar-refractivity contribution in [2.75, 3.05) is 38.7 Å². The number of amides is 3. The molecule has 0 radical (unpaired) electrons. The van der Waals surface area contributed by atoms with Crippen molar-refractivity contribution in [3.8, 4) is 0 Å². The van der Waals surface area contributed by atoms with Gasteiger partial charge in [-0.2, -0.15) is 0 Å². The number of aliphatic hydroxyl groups is 8. The maximum absolute atomic E-state index is 12.9. The molecule has 1 aromatic carbocycles. The Hall–Kier alpha value is -2.80. The first-order chi connectivity index (χ1) is 27.1. The van der Waals surface area contributed by atoms with Crippen molar-refractivity contribution < 1.29 is 74.2 Å². The van der Waals surface area contributed by atoms with Gasteiger partial charge in [-0.3, -0.25) is 9.59 Å². The van der Waals surface area contributed by atoms with Crippen molar-refractivity contribution in [3.05, 3.63) is 40.6 Å². The number of nitrogens with zero attached hydrogens (tertiary/aromatic N) is 1. The average molecular weight is 851 g/mol. The molecule has 57 heavy (non-hydrogen) atoms. The Labute approximate surface area is 339 Å². The maximum Gasteiger partial charge on any atom is 0.407 e. The van der Waals surface area contributed by atoms with Gasteiger partial charge in [0.15, 0.2) is 25.2 Å². The molecule has 2 aliphatic heterocycles. The molecule has 3 amide bonds. The highest BCUT2D eigenvalue weighted by Gasteiger charge is 2.47. The second-order valence-corrected chi connectivity index (χ2v) is 17.3. The second-order valence-electron chi connectivity index (χ2n) is 14.5. The van der Waals surface area contributed by atoms with E-state index in [9.17, 15) is 60.4 Å². The van der Waals surface area contributed by atoms with Gasteiger partial charge < -0.3 is 76.2 Å². The zero-order chi connectivity index (χ0) is 42.1. The number of alkyl carbamates (subject to hydrolysis) is 1. The second kappa shape index (κ2) is 24.3. The number of rotatable bonds is 23. The minimum absolute atomic E-state index is 0.00814. The molecule has 3 rings (SSSR count). The predicted molar refractivity (Wildman–Crippen MR) is 209 cm³/mol. The fraction of sp³-hybridized carbons (Fsp3) is 0.722. The molecule has 0 spiro atoms. The van der Waals surface area contributed by atoms with Gasteiger partial charge in [-0.15, -0.1) is 0 Å². The molecule has 2 saturated heterocycles. The van der Waals surface area contributed by atoms with Gasteiger partial charge in [-0.25, -0.2) is 9.53 Å². The number of hydroxylamine groups is 1. The number of unbranched alkanes of at least 4 members (excludes halogenated alkanes) is 1. The lowest BCUT2D eigenvalue weighted by molar-refractivity contribution is -0.539. The molecule has 11 N–H and O–H groups in total.